The largest absolute Gasteiger partial charge is 0.462 e. The van der Waals surface area contributed by atoms with Gasteiger partial charge in [-0.05, 0) is 12.1 Å². The van der Waals surface area contributed by atoms with Crippen LogP contribution in [0.3, 0.4) is 0 Å². The van der Waals surface area contributed by atoms with Crippen molar-refractivity contribution in [1.82, 2.24) is 0 Å². The molecule has 0 atom stereocenters. The highest BCUT2D eigenvalue weighted by molar-refractivity contribution is 6.56. The highest BCUT2D eigenvalue weighted by atomic mass is 35.5. The van der Waals surface area contributed by atoms with E-state index in [0.29, 0.717) is 0 Å². The Hall–Kier alpha value is -1.11. The zero-order chi connectivity index (χ0) is 17.1. The summed E-state index contributed by atoms with van der Waals surface area (Å²) in [5.41, 5.74) is -0.244. The van der Waals surface area contributed by atoms with Crippen molar-refractivity contribution in [1.29, 1.82) is 0 Å². The number of nitrogens with zero attached hydrogens (tertiary/aromatic N) is 1. The maximum Gasteiger partial charge on any atom is 0.369 e. The average Bonchev–Trinajstić information content (AvgIpc) is 3.06. The van der Waals surface area contributed by atoms with Crippen LogP contribution < -0.4 is 4.74 Å². The molecule has 1 aromatic heterocycles. The summed E-state index contributed by atoms with van der Waals surface area (Å²) in [6, 6.07) is 3.05. The number of ether oxygens (including phenoxy) is 1. The molecule has 0 aliphatic carbocycles. The molecule has 0 bridgehead atoms. The van der Waals surface area contributed by atoms with Crippen molar-refractivity contribution < 1.29 is 18.8 Å². The first-order valence-corrected chi connectivity index (χ1v) is 7.66. The highest BCUT2D eigenvalue weighted by Crippen LogP contribution is 2.48. The van der Waals surface area contributed by atoms with Crippen molar-refractivity contribution in [3.63, 3.8) is 0 Å². The van der Waals surface area contributed by atoms with Gasteiger partial charge in [0.15, 0.2) is 11.5 Å². The Morgan fingerprint density at radius 3 is 2.09 bits per heavy atom. The molecule has 1 heterocycles. The number of hydrogen-bond donors (Lipinski definition) is 0. The Morgan fingerprint density at radius 2 is 1.61 bits per heavy atom. The molecule has 0 aliphatic heterocycles. The van der Waals surface area contributed by atoms with Crippen molar-refractivity contribution >= 4 is 69.7 Å². The second-order valence-corrected chi connectivity index (χ2v) is 5.78. The summed E-state index contributed by atoms with van der Waals surface area (Å²) < 4.78 is 10.2. The molecule has 0 amide bonds. The number of carbonyl (C=O) groups excluding carboxylic acids is 1. The number of halogens is 5. The Kier molecular flexibility index (Phi) is 6.06. The number of oxime groups is 1. The molecule has 0 radical (unpaired) electrons. The molecular formula is C13H6Cl5NO4. The molecule has 23 heavy (non-hydrogen) atoms. The van der Waals surface area contributed by atoms with E-state index in [4.69, 9.17) is 67.2 Å². The summed E-state index contributed by atoms with van der Waals surface area (Å²) >= 11 is 29.7. The van der Waals surface area contributed by atoms with Crippen LogP contribution in [-0.4, -0.2) is 18.8 Å². The normalized spacial score (nSPS) is 11.5. The van der Waals surface area contributed by atoms with Gasteiger partial charge in [-0.25, -0.2) is 4.79 Å². The molecule has 0 saturated heterocycles. The van der Waals surface area contributed by atoms with Gasteiger partial charge in [0.05, 0.1) is 21.3 Å². The monoisotopic (exact) mass is 415 g/mol. The van der Waals surface area contributed by atoms with Crippen LogP contribution >= 0.6 is 58.0 Å². The molecule has 0 unspecified atom stereocenters. The molecule has 0 fully saturated rings. The number of carbonyl (C=O) groups is 1. The second kappa shape index (κ2) is 7.64. The lowest BCUT2D eigenvalue weighted by molar-refractivity contribution is -0.127. The standard InChI is InChI=1S/C13H6Cl5NO4/c1-21-19-11(5-3-2-4-22-5)13(20)23-12-9(17)7(15)6(14)8(16)10(12)18/h2-4H,1H3/b19-11-. The van der Waals surface area contributed by atoms with E-state index in [0.717, 1.165) is 0 Å². The van der Waals surface area contributed by atoms with Gasteiger partial charge in [-0.15, -0.1) is 0 Å². The summed E-state index contributed by atoms with van der Waals surface area (Å²) in [5, 5.41) is 2.95. The van der Waals surface area contributed by atoms with Crippen LogP contribution in [0.15, 0.2) is 28.0 Å². The fraction of sp³-hybridized carbons (Fsp3) is 0.0769. The highest BCUT2D eigenvalue weighted by Gasteiger charge is 2.26. The molecule has 0 spiro atoms. The lowest BCUT2D eigenvalue weighted by atomic mass is 10.3. The maximum atomic E-state index is 12.3. The van der Waals surface area contributed by atoms with E-state index < -0.39 is 5.97 Å². The predicted molar refractivity (Wildman–Crippen MR) is 89.4 cm³/mol. The van der Waals surface area contributed by atoms with Crippen LogP contribution in [0.2, 0.25) is 25.1 Å². The van der Waals surface area contributed by atoms with Crippen LogP contribution in [0.1, 0.15) is 5.76 Å². The first-order valence-electron chi connectivity index (χ1n) is 5.77. The maximum absolute atomic E-state index is 12.3. The molecule has 0 aliphatic rings. The van der Waals surface area contributed by atoms with E-state index in [1.54, 1.807) is 6.07 Å². The van der Waals surface area contributed by atoms with E-state index in [-0.39, 0.29) is 42.3 Å². The summed E-state index contributed by atoms with van der Waals surface area (Å²) in [4.78, 5) is 16.9. The van der Waals surface area contributed by atoms with E-state index in [1.165, 1.54) is 19.4 Å². The Balaban J connectivity index is 2.43. The molecule has 0 N–H and O–H groups in total. The minimum Gasteiger partial charge on any atom is -0.462 e. The molecule has 2 aromatic rings. The van der Waals surface area contributed by atoms with Gasteiger partial charge in [-0.2, -0.15) is 0 Å². The topological polar surface area (TPSA) is 61.0 Å². The van der Waals surface area contributed by atoms with E-state index in [2.05, 4.69) is 9.99 Å². The van der Waals surface area contributed by atoms with E-state index >= 15 is 0 Å². The van der Waals surface area contributed by atoms with E-state index in [9.17, 15) is 4.79 Å². The quantitative estimate of drug-likeness (QED) is 0.165. The van der Waals surface area contributed by atoms with Crippen LogP contribution in [-0.2, 0) is 9.63 Å². The zero-order valence-corrected chi connectivity index (χ0v) is 15.0. The minimum atomic E-state index is -0.944. The Bertz CT molecular complexity index is 744. The van der Waals surface area contributed by atoms with Crippen LogP contribution in [0.25, 0.3) is 0 Å². The molecule has 1 aromatic carbocycles. The average molecular weight is 417 g/mol. The predicted octanol–water partition coefficient (Wildman–Crippen LogP) is 5.50. The number of esters is 1. The smallest absolute Gasteiger partial charge is 0.369 e. The lowest BCUT2D eigenvalue weighted by Crippen LogP contribution is -2.22. The van der Waals surface area contributed by atoms with Crippen molar-refractivity contribution in [3.05, 3.63) is 49.3 Å². The van der Waals surface area contributed by atoms with Gasteiger partial charge in [-0.1, -0.05) is 63.2 Å². The molecular weight excluding hydrogens is 411 g/mol. The fourth-order valence-electron chi connectivity index (χ4n) is 1.50. The van der Waals surface area contributed by atoms with Crippen molar-refractivity contribution in [2.75, 3.05) is 7.11 Å². The number of rotatable bonds is 4. The molecule has 5 nitrogen and oxygen atoms in total. The van der Waals surface area contributed by atoms with E-state index in [1.807, 2.05) is 0 Å². The van der Waals surface area contributed by atoms with Gasteiger partial charge in [0, 0.05) is 0 Å². The van der Waals surface area contributed by atoms with Gasteiger partial charge in [0.25, 0.3) is 0 Å². The second-order valence-electron chi connectivity index (χ2n) is 3.89. The molecule has 122 valence electrons. The first-order chi connectivity index (χ1) is 10.9. The first kappa shape index (κ1) is 18.2. The summed E-state index contributed by atoms with van der Waals surface area (Å²) in [6.45, 7) is 0. The van der Waals surface area contributed by atoms with Crippen molar-refractivity contribution in [2.45, 2.75) is 0 Å². The van der Waals surface area contributed by atoms with Crippen LogP contribution in [0, 0.1) is 0 Å². The van der Waals surface area contributed by atoms with Gasteiger partial charge < -0.3 is 14.0 Å². The van der Waals surface area contributed by atoms with Crippen LogP contribution in [0.4, 0.5) is 0 Å². The summed E-state index contributed by atoms with van der Waals surface area (Å²) in [7, 11) is 1.26. The Morgan fingerprint density at radius 1 is 1.04 bits per heavy atom. The SMILES string of the molecule is CO/N=C(\C(=O)Oc1c(Cl)c(Cl)c(Cl)c(Cl)c1Cl)c1ccco1. The third-order valence-electron chi connectivity index (χ3n) is 2.49. The molecule has 10 heteroatoms. The third-order valence-corrected chi connectivity index (χ3v) is 4.74. The summed E-state index contributed by atoms with van der Waals surface area (Å²) in [6.07, 6.45) is 1.35. The number of hydrogen-bond acceptors (Lipinski definition) is 5. The third kappa shape index (κ3) is 3.70. The molecule has 2 rings (SSSR count). The van der Waals surface area contributed by atoms with Crippen molar-refractivity contribution in [2.24, 2.45) is 5.16 Å². The Labute approximate surface area is 155 Å². The number of furan rings is 1. The van der Waals surface area contributed by atoms with Gasteiger partial charge in [0.2, 0.25) is 5.71 Å². The fourth-order valence-corrected chi connectivity index (χ4v) is 2.70. The number of benzene rings is 1. The van der Waals surface area contributed by atoms with Crippen molar-refractivity contribution in [3.8, 4) is 5.75 Å². The summed E-state index contributed by atoms with van der Waals surface area (Å²) in [5.74, 6) is -1.08. The zero-order valence-electron chi connectivity index (χ0n) is 11.2. The molecule has 0 saturated carbocycles. The van der Waals surface area contributed by atoms with Gasteiger partial charge in [0.1, 0.15) is 17.2 Å². The van der Waals surface area contributed by atoms with Crippen LogP contribution in [0.5, 0.6) is 5.75 Å². The minimum absolute atomic E-state index is 0.0556. The van der Waals surface area contributed by atoms with Gasteiger partial charge >= 0.3 is 5.97 Å². The van der Waals surface area contributed by atoms with Gasteiger partial charge in [-0.3, -0.25) is 0 Å². The lowest BCUT2D eigenvalue weighted by Gasteiger charge is -2.12.